The monoisotopic (exact) mass is 166 g/mol. The Morgan fingerprint density at radius 2 is 1.67 bits per heavy atom. The maximum atomic E-state index is 2.47. The van der Waals surface area contributed by atoms with Crippen molar-refractivity contribution in [3.05, 3.63) is 0 Å². The van der Waals surface area contributed by atoms with Gasteiger partial charge in [-0.05, 0) is 48.3 Å². The van der Waals surface area contributed by atoms with E-state index in [1.54, 1.807) is 19.3 Å². The van der Waals surface area contributed by atoms with Gasteiger partial charge in [0.2, 0.25) is 0 Å². The van der Waals surface area contributed by atoms with E-state index in [0.717, 1.165) is 29.1 Å². The fraction of sp³-hybridized carbons (Fsp3) is 1.00. The third-order valence-electron chi connectivity index (χ3n) is 4.66. The summed E-state index contributed by atoms with van der Waals surface area (Å²) in [5.74, 6) is 3.88. The highest BCUT2D eigenvalue weighted by Gasteiger charge is 2.64. The van der Waals surface area contributed by atoms with Crippen LogP contribution in [-0.2, 0) is 0 Å². The van der Waals surface area contributed by atoms with Gasteiger partial charge in [-0.1, -0.05) is 27.7 Å². The van der Waals surface area contributed by atoms with Gasteiger partial charge >= 0.3 is 0 Å². The summed E-state index contributed by atoms with van der Waals surface area (Å²) in [4.78, 5) is 0. The molecule has 0 aromatic rings. The van der Waals surface area contributed by atoms with E-state index in [9.17, 15) is 0 Å². The van der Waals surface area contributed by atoms with Gasteiger partial charge in [0.05, 0.1) is 0 Å². The van der Waals surface area contributed by atoms with Gasteiger partial charge in [-0.15, -0.1) is 0 Å². The normalized spacial score (nSPS) is 35.2. The number of rotatable bonds is 3. The molecule has 0 amide bonds. The summed E-state index contributed by atoms with van der Waals surface area (Å²) in [6.45, 7) is 9.64. The fourth-order valence-corrected chi connectivity index (χ4v) is 2.83. The summed E-state index contributed by atoms with van der Waals surface area (Å²) in [7, 11) is 0. The third-order valence-corrected chi connectivity index (χ3v) is 4.66. The van der Waals surface area contributed by atoms with Crippen molar-refractivity contribution in [1.29, 1.82) is 0 Å². The van der Waals surface area contributed by atoms with Crippen LogP contribution >= 0.6 is 0 Å². The van der Waals surface area contributed by atoms with Crippen molar-refractivity contribution in [2.75, 3.05) is 0 Å². The minimum Gasteiger partial charge on any atom is -0.0625 e. The van der Waals surface area contributed by atoms with Crippen molar-refractivity contribution in [3.8, 4) is 0 Å². The average molecular weight is 166 g/mol. The van der Waals surface area contributed by atoms with E-state index >= 15 is 0 Å². The first-order valence-electron chi connectivity index (χ1n) is 5.57. The maximum Gasteiger partial charge on any atom is -0.0263 e. The zero-order valence-corrected chi connectivity index (χ0v) is 8.93. The highest BCUT2D eigenvalue weighted by molar-refractivity contribution is 5.13. The molecule has 0 aromatic heterocycles. The molecule has 3 unspecified atom stereocenters. The second-order valence-corrected chi connectivity index (χ2v) is 5.64. The maximum absolute atomic E-state index is 2.47. The summed E-state index contributed by atoms with van der Waals surface area (Å²) in [6.07, 6.45) is 4.66. The standard InChI is InChI=1S/C12H22/c1-8(2)9(3)10(4)11-7-12(11)5-6-12/h8-11H,5-7H2,1-4H3. The molecule has 0 N–H and O–H groups in total. The van der Waals surface area contributed by atoms with Crippen LogP contribution < -0.4 is 0 Å². The van der Waals surface area contributed by atoms with Gasteiger partial charge in [0, 0.05) is 0 Å². The van der Waals surface area contributed by atoms with Gasteiger partial charge < -0.3 is 0 Å². The largest absolute Gasteiger partial charge is 0.0625 e. The van der Waals surface area contributed by atoms with E-state index in [0.29, 0.717) is 0 Å². The van der Waals surface area contributed by atoms with Crippen molar-refractivity contribution in [2.45, 2.75) is 47.0 Å². The van der Waals surface area contributed by atoms with Gasteiger partial charge in [-0.3, -0.25) is 0 Å². The zero-order chi connectivity index (χ0) is 8.93. The molecule has 2 aliphatic rings. The van der Waals surface area contributed by atoms with E-state index in [2.05, 4.69) is 27.7 Å². The summed E-state index contributed by atoms with van der Waals surface area (Å²) < 4.78 is 0. The van der Waals surface area contributed by atoms with Crippen LogP contribution in [0.4, 0.5) is 0 Å². The van der Waals surface area contributed by atoms with Crippen molar-refractivity contribution >= 4 is 0 Å². The molecule has 0 radical (unpaired) electrons. The Balaban J connectivity index is 1.88. The molecular formula is C12H22. The lowest BCUT2D eigenvalue weighted by Crippen LogP contribution is -2.16. The highest BCUT2D eigenvalue weighted by atomic mass is 14.7. The third kappa shape index (κ3) is 1.20. The predicted molar refractivity (Wildman–Crippen MR) is 52.9 cm³/mol. The molecule has 12 heavy (non-hydrogen) atoms. The minimum atomic E-state index is 0.872. The fourth-order valence-electron chi connectivity index (χ4n) is 2.83. The van der Waals surface area contributed by atoms with Crippen LogP contribution in [0.2, 0.25) is 0 Å². The second-order valence-electron chi connectivity index (χ2n) is 5.64. The highest BCUT2D eigenvalue weighted by Crippen LogP contribution is 2.73. The molecule has 0 bridgehead atoms. The summed E-state index contributed by atoms with van der Waals surface area (Å²) in [5, 5.41) is 0. The van der Waals surface area contributed by atoms with Crippen molar-refractivity contribution < 1.29 is 0 Å². The van der Waals surface area contributed by atoms with E-state index in [-0.39, 0.29) is 0 Å². The molecule has 0 nitrogen and oxygen atoms in total. The lowest BCUT2D eigenvalue weighted by molar-refractivity contribution is 0.257. The minimum absolute atomic E-state index is 0.872. The zero-order valence-electron chi connectivity index (χ0n) is 8.93. The lowest BCUT2D eigenvalue weighted by atomic mass is 9.82. The summed E-state index contributed by atoms with van der Waals surface area (Å²) >= 11 is 0. The van der Waals surface area contributed by atoms with Crippen molar-refractivity contribution in [1.82, 2.24) is 0 Å². The second kappa shape index (κ2) is 2.49. The Bertz CT molecular complexity index is 174. The molecule has 3 atom stereocenters. The Hall–Kier alpha value is 0. The number of hydrogen-bond acceptors (Lipinski definition) is 0. The van der Waals surface area contributed by atoms with Crippen LogP contribution in [0.15, 0.2) is 0 Å². The first-order chi connectivity index (χ1) is 5.57. The molecule has 2 aliphatic carbocycles. The molecule has 0 heteroatoms. The van der Waals surface area contributed by atoms with Crippen LogP contribution in [0.3, 0.4) is 0 Å². The molecule has 0 aromatic carbocycles. The van der Waals surface area contributed by atoms with Crippen molar-refractivity contribution in [2.24, 2.45) is 29.1 Å². The Morgan fingerprint density at radius 3 is 2.00 bits per heavy atom. The smallest absolute Gasteiger partial charge is 0.0263 e. The summed E-state index contributed by atoms with van der Waals surface area (Å²) in [6, 6.07) is 0. The van der Waals surface area contributed by atoms with Crippen LogP contribution in [0.25, 0.3) is 0 Å². The first kappa shape index (κ1) is 8.59. The van der Waals surface area contributed by atoms with E-state index < -0.39 is 0 Å². The van der Waals surface area contributed by atoms with Crippen LogP contribution in [-0.4, -0.2) is 0 Å². The van der Waals surface area contributed by atoms with Gasteiger partial charge in [0.15, 0.2) is 0 Å². The predicted octanol–water partition coefficient (Wildman–Crippen LogP) is 3.71. The molecule has 70 valence electrons. The SMILES string of the molecule is CC(C)C(C)C(C)C1CC12CC2. The van der Waals surface area contributed by atoms with Crippen LogP contribution in [0.5, 0.6) is 0 Å². The van der Waals surface area contributed by atoms with E-state index in [1.165, 1.54) is 0 Å². The van der Waals surface area contributed by atoms with Crippen LogP contribution in [0, 0.1) is 29.1 Å². The van der Waals surface area contributed by atoms with E-state index in [1.807, 2.05) is 0 Å². The number of hydrogen-bond donors (Lipinski definition) is 0. The molecule has 2 fully saturated rings. The van der Waals surface area contributed by atoms with Gasteiger partial charge in [-0.25, -0.2) is 0 Å². The molecular weight excluding hydrogens is 144 g/mol. The molecule has 0 heterocycles. The molecule has 1 spiro atoms. The Morgan fingerprint density at radius 1 is 1.08 bits per heavy atom. The van der Waals surface area contributed by atoms with Gasteiger partial charge in [0.25, 0.3) is 0 Å². The molecule has 0 saturated heterocycles. The lowest BCUT2D eigenvalue weighted by Gasteiger charge is -2.23. The molecule has 2 saturated carbocycles. The first-order valence-corrected chi connectivity index (χ1v) is 5.57. The average Bonchev–Trinajstić information content (AvgIpc) is 2.90. The molecule has 0 aliphatic heterocycles. The van der Waals surface area contributed by atoms with E-state index in [4.69, 9.17) is 0 Å². The Labute approximate surface area is 76.7 Å². The summed E-state index contributed by atoms with van der Waals surface area (Å²) in [5.41, 5.74) is 0.905. The van der Waals surface area contributed by atoms with Gasteiger partial charge in [0.1, 0.15) is 0 Å². The quantitative estimate of drug-likeness (QED) is 0.599. The van der Waals surface area contributed by atoms with Crippen molar-refractivity contribution in [3.63, 3.8) is 0 Å². The Kier molecular flexibility index (Phi) is 1.79. The topological polar surface area (TPSA) is 0 Å². The molecule has 2 rings (SSSR count). The van der Waals surface area contributed by atoms with Crippen LogP contribution in [0.1, 0.15) is 47.0 Å². The van der Waals surface area contributed by atoms with Gasteiger partial charge in [-0.2, -0.15) is 0 Å².